The quantitative estimate of drug-likeness (QED) is 0.772. The van der Waals surface area contributed by atoms with Crippen LogP contribution in [0.25, 0.3) is 0 Å². The number of likely N-dealkylation sites (tertiary alicyclic amines) is 1. The van der Waals surface area contributed by atoms with Gasteiger partial charge in [0.25, 0.3) is 0 Å². The zero-order chi connectivity index (χ0) is 16.8. The molecule has 0 radical (unpaired) electrons. The highest BCUT2D eigenvalue weighted by Gasteiger charge is 2.47. The Morgan fingerprint density at radius 1 is 1.12 bits per heavy atom. The Bertz CT molecular complexity index is 403. The number of amides is 1. The lowest BCUT2D eigenvalue weighted by Crippen LogP contribution is -2.64. The molecule has 1 saturated carbocycles. The monoisotopic (exact) mass is 338 g/mol. The fraction of sp³-hybridized carbons (Fsp3) is 0.947. The van der Waals surface area contributed by atoms with Crippen molar-refractivity contribution in [2.45, 2.75) is 69.9 Å². The van der Waals surface area contributed by atoms with Crippen LogP contribution in [0.2, 0.25) is 0 Å². The first-order valence-corrected chi connectivity index (χ1v) is 10.00. The maximum atomic E-state index is 13.6. The van der Waals surface area contributed by atoms with Crippen LogP contribution in [0.1, 0.15) is 58.3 Å². The number of carbonyl (C=O) groups is 1. The number of rotatable bonds is 5. The van der Waals surface area contributed by atoms with Crippen LogP contribution in [-0.2, 0) is 14.3 Å². The lowest BCUT2D eigenvalue weighted by molar-refractivity contribution is -0.155. The van der Waals surface area contributed by atoms with Gasteiger partial charge >= 0.3 is 0 Å². The van der Waals surface area contributed by atoms with Crippen molar-refractivity contribution in [3.63, 3.8) is 0 Å². The summed E-state index contributed by atoms with van der Waals surface area (Å²) in [4.78, 5) is 18.1. The van der Waals surface area contributed by atoms with E-state index in [1.54, 1.807) is 0 Å². The predicted molar refractivity (Wildman–Crippen MR) is 94.1 cm³/mol. The summed E-state index contributed by atoms with van der Waals surface area (Å²) in [5.74, 6) is 0.369. The third-order valence-corrected chi connectivity index (χ3v) is 5.92. The fourth-order valence-electron chi connectivity index (χ4n) is 4.63. The van der Waals surface area contributed by atoms with Crippen LogP contribution in [0.3, 0.4) is 0 Å². The van der Waals surface area contributed by atoms with Gasteiger partial charge in [0, 0.05) is 32.8 Å². The molecule has 1 atom stereocenters. The Labute approximate surface area is 146 Å². The van der Waals surface area contributed by atoms with E-state index in [-0.39, 0.29) is 11.6 Å². The first kappa shape index (κ1) is 18.2. The van der Waals surface area contributed by atoms with Crippen LogP contribution < -0.4 is 0 Å². The summed E-state index contributed by atoms with van der Waals surface area (Å²) < 4.78 is 11.5. The highest BCUT2D eigenvalue weighted by atomic mass is 16.5. The van der Waals surface area contributed by atoms with Crippen molar-refractivity contribution >= 4 is 5.91 Å². The number of ether oxygens (including phenoxy) is 2. The van der Waals surface area contributed by atoms with Crippen LogP contribution in [0.5, 0.6) is 0 Å². The standard InChI is InChI=1S/C19H34N2O3/c1-2-13-24-17-7-6-10-20(16-17)18(22)19(8-4-3-5-9-19)21-11-14-23-15-12-21/h17H,2-16H2,1H3. The molecule has 3 fully saturated rings. The molecule has 0 spiro atoms. The lowest BCUT2D eigenvalue weighted by atomic mass is 9.78. The molecular weight excluding hydrogens is 304 g/mol. The van der Waals surface area contributed by atoms with E-state index in [2.05, 4.69) is 16.7 Å². The Kier molecular flexibility index (Phi) is 6.53. The normalized spacial score (nSPS) is 28.7. The summed E-state index contributed by atoms with van der Waals surface area (Å²) in [7, 11) is 0. The van der Waals surface area contributed by atoms with E-state index in [0.29, 0.717) is 5.91 Å². The van der Waals surface area contributed by atoms with Crippen molar-refractivity contribution in [1.82, 2.24) is 9.80 Å². The van der Waals surface area contributed by atoms with E-state index >= 15 is 0 Å². The van der Waals surface area contributed by atoms with Crippen molar-refractivity contribution in [1.29, 1.82) is 0 Å². The predicted octanol–water partition coefficient (Wildman–Crippen LogP) is 2.44. The van der Waals surface area contributed by atoms with Gasteiger partial charge in [0.05, 0.1) is 19.3 Å². The Morgan fingerprint density at radius 3 is 2.58 bits per heavy atom. The second-order valence-corrected chi connectivity index (χ2v) is 7.58. The average Bonchev–Trinajstić information content (AvgIpc) is 2.67. The summed E-state index contributed by atoms with van der Waals surface area (Å²) >= 11 is 0. The largest absolute Gasteiger partial charge is 0.379 e. The molecule has 5 nitrogen and oxygen atoms in total. The van der Waals surface area contributed by atoms with Crippen LogP contribution in [0.4, 0.5) is 0 Å². The van der Waals surface area contributed by atoms with Crippen LogP contribution in [-0.4, -0.2) is 73.3 Å². The number of carbonyl (C=O) groups excluding carboxylic acids is 1. The highest BCUT2D eigenvalue weighted by molar-refractivity contribution is 5.86. The van der Waals surface area contributed by atoms with Gasteiger partial charge in [0.15, 0.2) is 0 Å². The topological polar surface area (TPSA) is 42.0 Å². The molecule has 3 rings (SSSR count). The third kappa shape index (κ3) is 3.94. The Morgan fingerprint density at radius 2 is 1.88 bits per heavy atom. The Balaban J connectivity index is 1.70. The number of hydrogen-bond donors (Lipinski definition) is 0. The van der Waals surface area contributed by atoms with Crippen molar-refractivity contribution < 1.29 is 14.3 Å². The van der Waals surface area contributed by atoms with E-state index < -0.39 is 0 Å². The first-order chi connectivity index (χ1) is 11.8. The molecule has 0 N–H and O–H groups in total. The van der Waals surface area contributed by atoms with E-state index in [1.807, 2.05) is 0 Å². The molecule has 2 heterocycles. The third-order valence-electron chi connectivity index (χ3n) is 5.92. The molecule has 3 aliphatic rings. The summed E-state index contributed by atoms with van der Waals surface area (Å²) in [6.07, 6.45) is 9.08. The van der Waals surface area contributed by atoms with Gasteiger partial charge in [-0.25, -0.2) is 0 Å². The molecule has 1 aliphatic carbocycles. The maximum Gasteiger partial charge on any atom is 0.243 e. The summed E-state index contributed by atoms with van der Waals surface area (Å²) in [6, 6.07) is 0. The molecule has 2 aliphatic heterocycles. The molecule has 24 heavy (non-hydrogen) atoms. The molecule has 0 aromatic rings. The van der Waals surface area contributed by atoms with E-state index in [1.165, 1.54) is 19.3 Å². The molecule has 5 heteroatoms. The fourth-order valence-corrected chi connectivity index (χ4v) is 4.63. The van der Waals surface area contributed by atoms with Crippen molar-refractivity contribution in [3.8, 4) is 0 Å². The van der Waals surface area contributed by atoms with E-state index in [9.17, 15) is 4.79 Å². The van der Waals surface area contributed by atoms with Gasteiger partial charge < -0.3 is 14.4 Å². The van der Waals surface area contributed by atoms with Gasteiger partial charge in [-0.05, 0) is 32.1 Å². The summed E-state index contributed by atoms with van der Waals surface area (Å²) in [5.41, 5.74) is -0.269. The van der Waals surface area contributed by atoms with Gasteiger partial charge in [0.1, 0.15) is 5.54 Å². The minimum atomic E-state index is -0.269. The Hall–Kier alpha value is -0.650. The minimum Gasteiger partial charge on any atom is -0.379 e. The SMILES string of the molecule is CCCOC1CCCN(C(=O)C2(N3CCOCC3)CCCCC2)C1. The molecule has 0 aromatic heterocycles. The number of hydrogen-bond acceptors (Lipinski definition) is 4. The summed E-state index contributed by atoms with van der Waals surface area (Å²) in [6.45, 7) is 7.95. The van der Waals surface area contributed by atoms with Crippen molar-refractivity contribution in [2.75, 3.05) is 46.0 Å². The molecule has 2 saturated heterocycles. The van der Waals surface area contributed by atoms with E-state index in [0.717, 1.165) is 78.1 Å². The van der Waals surface area contributed by atoms with Crippen molar-refractivity contribution in [2.24, 2.45) is 0 Å². The van der Waals surface area contributed by atoms with Crippen LogP contribution in [0.15, 0.2) is 0 Å². The minimum absolute atomic E-state index is 0.230. The van der Waals surface area contributed by atoms with Gasteiger partial charge in [-0.15, -0.1) is 0 Å². The van der Waals surface area contributed by atoms with Crippen LogP contribution >= 0.6 is 0 Å². The first-order valence-electron chi connectivity index (χ1n) is 10.00. The van der Waals surface area contributed by atoms with Gasteiger partial charge in [0.2, 0.25) is 5.91 Å². The lowest BCUT2D eigenvalue weighted by Gasteiger charge is -2.49. The number of piperidine rings is 1. The summed E-state index contributed by atoms with van der Waals surface area (Å²) in [5, 5.41) is 0. The van der Waals surface area contributed by atoms with E-state index in [4.69, 9.17) is 9.47 Å². The molecule has 1 amide bonds. The van der Waals surface area contributed by atoms with Gasteiger partial charge in [-0.3, -0.25) is 9.69 Å². The number of nitrogens with zero attached hydrogens (tertiary/aromatic N) is 2. The molecular formula is C19H34N2O3. The van der Waals surface area contributed by atoms with Crippen LogP contribution in [0, 0.1) is 0 Å². The molecule has 0 aromatic carbocycles. The van der Waals surface area contributed by atoms with Crippen molar-refractivity contribution in [3.05, 3.63) is 0 Å². The van der Waals surface area contributed by atoms with Gasteiger partial charge in [-0.2, -0.15) is 0 Å². The van der Waals surface area contributed by atoms with Gasteiger partial charge in [-0.1, -0.05) is 26.2 Å². The second kappa shape index (κ2) is 8.63. The second-order valence-electron chi connectivity index (χ2n) is 7.58. The smallest absolute Gasteiger partial charge is 0.243 e. The molecule has 138 valence electrons. The zero-order valence-corrected chi connectivity index (χ0v) is 15.3. The highest BCUT2D eigenvalue weighted by Crippen LogP contribution is 2.36. The zero-order valence-electron chi connectivity index (χ0n) is 15.3. The average molecular weight is 338 g/mol. The number of morpholine rings is 1. The molecule has 0 bridgehead atoms. The molecule has 1 unspecified atom stereocenters. The maximum absolute atomic E-state index is 13.6.